The summed E-state index contributed by atoms with van der Waals surface area (Å²) in [6.07, 6.45) is 4.17. The van der Waals surface area contributed by atoms with Crippen LogP contribution in [0.15, 0.2) is 24.3 Å². The molecule has 1 heterocycles. The molecule has 20 heavy (non-hydrogen) atoms. The van der Waals surface area contributed by atoms with E-state index in [4.69, 9.17) is 4.74 Å². The fourth-order valence-corrected chi connectivity index (χ4v) is 5.08. The molecule has 1 aromatic rings. The van der Waals surface area contributed by atoms with Crippen LogP contribution in [-0.2, 0) is 0 Å². The Bertz CT molecular complexity index is 483. The van der Waals surface area contributed by atoms with Crippen molar-refractivity contribution in [3.8, 4) is 5.75 Å². The van der Waals surface area contributed by atoms with Crippen molar-refractivity contribution in [2.45, 2.75) is 24.3 Å². The van der Waals surface area contributed by atoms with Gasteiger partial charge in [-0.15, -0.1) is 23.5 Å². The summed E-state index contributed by atoms with van der Waals surface area (Å²) in [6.45, 7) is 4.08. The Hall–Kier alpha value is -0.680. The van der Waals surface area contributed by atoms with Crippen molar-refractivity contribution in [2.24, 2.45) is 0 Å². The molecule has 0 radical (unpaired) electrons. The van der Waals surface area contributed by atoms with Gasteiger partial charge in [0.2, 0.25) is 5.82 Å². The highest BCUT2D eigenvalue weighted by Crippen LogP contribution is 2.40. The van der Waals surface area contributed by atoms with Gasteiger partial charge in [0.1, 0.15) is 0 Å². The molecule has 0 aromatic heterocycles. The Morgan fingerprint density at radius 3 is 2.55 bits per heavy atom. The van der Waals surface area contributed by atoms with E-state index in [9.17, 15) is 8.78 Å². The summed E-state index contributed by atoms with van der Waals surface area (Å²) in [6, 6.07) is 3.19. The topological polar surface area (TPSA) is 9.23 Å². The second-order valence-electron chi connectivity index (χ2n) is 4.47. The highest BCUT2D eigenvalue weighted by atomic mass is 32.2. The number of hydrogen-bond acceptors (Lipinski definition) is 3. The molecular formula is C15H18F2OS2. The van der Waals surface area contributed by atoms with Gasteiger partial charge < -0.3 is 4.74 Å². The number of ether oxygens (including phenoxy) is 1. The average molecular weight is 316 g/mol. The lowest BCUT2D eigenvalue weighted by Crippen LogP contribution is -2.16. The van der Waals surface area contributed by atoms with E-state index in [-0.39, 0.29) is 11.7 Å². The fraction of sp³-hybridized carbons (Fsp3) is 0.467. The molecule has 1 nitrogen and oxygen atoms in total. The smallest absolute Gasteiger partial charge is 0.200 e. The lowest BCUT2D eigenvalue weighted by atomic mass is 10.0. The number of benzene rings is 1. The maximum atomic E-state index is 14.1. The van der Waals surface area contributed by atoms with E-state index in [2.05, 4.69) is 6.08 Å². The molecule has 0 bridgehead atoms. The first-order chi connectivity index (χ1) is 9.67. The molecule has 1 saturated heterocycles. The molecule has 0 atom stereocenters. The number of rotatable bonds is 4. The van der Waals surface area contributed by atoms with E-state index in [0.717, 1.165) is 11.5 Å². The zero-order valence-electron chi connectivity index (χ0n) is 11.6. The zero-order valence-corrected chi connectivity index (χ0v) is 13.2. The van der Waals surface area contributed by atoms with Gasteiger partial charge >= 0.3 is 0 Å². The van der Waals surface area contributed by atoms with Crippen LogP contribution >= 0.6 is 23.5 Å². The van der Waals surface area contributed by atoms with E-state index >= 15 is 0 Å². The first-order valence-corrected chi connectivity index (χ1v) is 8.73. The molecule has 0 unspecified atom stereocenters. The highest BCUT2D eigenvalue weighted by Gasteiger charge is 2.26. The van der Waals surface area contributed by atoms with Crippen LogP contribution in [0, 0.1) is 11.6 Å². The minimum Gasteiger partial charge on any atom is -0.491 e. The van der Waals surface area contributed by atoms with E-state index in [1.165, 1.54) is 6.07 Å². The third-order valence-electron chi connectivity index (χ3n) is 3.09. The Labute approximate surface area is 127 Å². The average Bonchev–Trinajstić information content (AvgIpc) is 2.46. The predicted octanol–water partition coefficient (Wildman–Crippen LogP) is 4.83. The van der Waals surface area contributed by atoms with Crippen molar-refractivity contribution in [3.05, 3.63) is 41.5 Å². The van der Waals surface area contributed by atoms with Gasteiger partial charge in [0.15, 0.2) is 11.6 Å². The Kier molecular flexibility index (Phi) is 5.78. The second kappa shape index (κ2) is 7.36. The van der Waals surface area contributed by atoms with Gasteiger partial charge in [0, 0.05) is 17.4 Å². The SMILES string of the molecule is CC=CC1SCC(c2ccc(OCC)c(F)c2F)CS1. The van der Waals surface area contributed by atoms with Crippen LogP contribution in [0.3, 0.4) is 0 Å². The van der Waals surface area contributed by atoms with E-state index < -0.39 is 11.6 Å². The minimum absolute atomic E-state index is 0.00309. The standard InChI is InChI=1S/C15H18F2OS2/c1-3-5-13-19-8-10(9-20-13)11-6-7-12(18-4-2)15(17)14(11)16/h3,5-7,10,13H,4,8-9H2,1-2H3. The number of halogens is 2. The Balaban J connectivity index is 2.12. The molecule has 2 rings (SSSR count). The summed E-state index contributed by atoms with van der Waals surface area (Å²) in [4.78, 5) is 0. The maximum Gasteiger partial charge on any atom is 0.200 e. The molecule has 0 N–H and O–H groups in total. The first-order valence-electron chi connectivity index (χ1n) is 6.64. The van der Waals surface area contributed by atoms with Crippen LogP contribution in [-0.4, -0.2) is 22.7 Å². The fourth-order valence-electron chi connectivity index (χ4n) is 2.09. The van der Waals surface area contributed by atoms with Crippen LogP contribution in [0.1, 0.15) is 25.3 Å². The monoisotopic (exact) mass is 316 g/mol. The van der Waals surface area contributed by atoms with E-state index in [1.54, 1.807) is 36.5 Å². The van der Waals surface area contributed by atoms with Gasteiger partial charge in [0.25, 0.3) is 0 Å². The third-order valence-corrected chi connectivity index (χ3v) is 6.07. The summed E-state index contributed by atoms with van der Waals surface area (Å²) in [5, 5.41) is 0. The molecular weight excluding hydrogens is 298 g/mol. The van der Waals surface area contributed by atoms with Crippen molar-refractivity contribution in [3.63, 3.8) is 0 Å². The van der Waals surface area contributed by atoms with Gasteiger partial charge in [-0.1, -0.05) is 18.2 Å². The van der Waals surface area contributed by atoms with Gasteiger partial charge in [0.05, 0.1) is 11.2 Å². The first kappa shape index (κ1) is 15.7. The summed E-state index contributed by atoms with van der Waals surface area (Å²) >= 11 is 3.55. The van der Waals surface area contributed by atoms with Crippen molar-refractivity contribution in [1.29, 1.82) is 0 Å². The van der Waals surface area contributed by atoms with Gasteiger partial charge in [-0.3, -0.25) is 0 Å². The van der Waals surface area contributed by atoms with Crippen LogP contribution < -0.4 is 4.74 Å². The molecule has 110 valence electrons. The molecule has 1 aromatic carbocycles. The lowest BCUT2D eigenvalue weighted by molar-refractivity contribution is 0.313. The Morgan fingerprint density at radius 2 is 1.95 bits per heavy atom. The van der Waals surface area contributed by atoms with Crippen LogP contribution in [0.4, 0.5) is 8.78 Å². The summed E-state index contributed by atoms with van der Waals surface area (Å²) < 4.78 is 33.5. The van der Waals surface area contributed by atoms with Crippen molar-refractivity contribution in [1.82, 2.24) is 0 Å². The molecule has 1 aliphatic heterocycles. The molecule has 0 saturated carbocycles. The van der Waals surface area contributed by atoms with Crippen molar-refractivity contribution >= 4 is 23.5 Å². The van der Waals surface area contributed by atoms with E-state index in [1.807, 2.05) is 13.0 Å². The van der Waals surface area contributed by atoms with Crippen LogP contribution in [0.2, 0.25) is 0 Å². The molecule has 0 amide bonds. The molecule has 5 heteroatoms. The summed E-state index contributed by atoms with van der Waals surface area (Å²) in [5.41, 5.74) is 0.463. The quantitative estimate of drug-likeness (QED) is 0.736. The molecule has 1 aliphatic rings. The normalized spacial score (nSPS) is 23.2. The van der Waals surface area contributed by atoms with Crippen molar-refractivity contribution < 1.29 is 13.5 Å². The Morgan fingerprint density at radius 1 is 1.25 bits per heavy atom. The van der Waals surface area contributed by atoms with E-state index in [0.29, 0.717) is 16.8 Å². The second-order valence-corrected chi connectivity index (χ2v) is 7.12. The van der Waals surface area contributed by atoms with Crippen LogP contribution in [0.25, 0.3) is 0 Å². The number of allylic oxidation sites excluding steroid dienone is 1. The summed E-state index contributed by atoms with van der Waals surface area (Å²) in [5.74, 6) is 0.0495. The lowest BCUT2D eigenvalue weighted by Gasteiger charge is -2.26. The number of hydrogen-bond donors (Lipinski definition) is 0. The highest BCUT2D eigenvalue weighted by molar-refractivity contribution is 8.17. The largest absolute Gasteiger partial charge is 0.491 e. The molecule has 1 fully saturated rings. The molecule has 0 spiro atoms. The van der Waals surface area contributed by atoms with Crippen molar-refractivity contribution in [2.75, 3.05) is 18.1 Å². The van der Waals surface area contributed by atoms with Crippen LogP contribution in [0.5, 0.6) is 5.75 Å². The third kappa shape index (κ3) is 3.50. The van der Waals surface area contributed by atoms with Gasteiger partial charge in [-0.2, -0.15) is 4.39 Å². The summed E-state index contributed by atoms with van der Waals surface area (Å²) in [7, 11) is 0. The minimum atomic E-state index is -0.866. The molecule has 0 aliphatic carbocycles. The maximum absolute atomic E-state index is 14.1. The number of thioether (sulfide) groups is 2. The van der Waals surface area contributed by atoms with Gasteiger partial charge in [-0.25, -0.2) is 4.39 Å². The van der Waals surface area contributed by atoms with Gasteiger partial charge in [-0.05, 0) is 25.5 Å². The zero-order chi connectivity index (χ0) is 14.5. The predicted molar refractivity (Wildman–Crippen MR) is 83.8 cm³/mol.